The van der Waals surface area contributed by atoms with Crippen molar-refractivity contribution in [1.82, 2.24) is 5.32 Å². The van der Waals surface area contributed by atoms with Crippen LogP contribution in [-0.2, 0) is 4.79 Å². The molecule has 2 rings (SSSR count). The fourth-order valence-electron chi connectivity index (χ4n) is 1.64. The molecular formula is C14H10N2O6. The standard InChI is InChI=1S/C14H10N2O6/c17-13(12-5-2-6-22-12)15-11(14(18)19)8-9-3-1-4-10(7-9)16(20)21/h1-8H,(H,15,17)(H,18,19). The van der Waals surface area contributed by atoms with Crippen LogP contribution in [0.15, 0.2) is 52.8 Å². The molecule has 1 aromatic heterocycles. The van der Waals surface area contributed by atoms with Gasteiger partial charge in [0.15, 0.2) is 5.76 Å². The highest BCUT2D eigenvalue weighted by Crippen LogP contribution is 2.15. The van der Waals surface area contributed by atoms with Gasteiger partial charge in [-0.3, -0.25) is 14.9 Å². The Bertz CT molecular complexity index is 748. The van der Waals surface area contributed by atoms with Crippen LogP contribution in [0.2, 0.25) is 0 Å². The third-order valence-corrected chi connectivity index (χ3v) is 2.62. The van der Waals surface area contributed by atoms with Gasteiger partial charge in [-0.05, 0) is 23.8 Å². The number of hydrogen-bond acceptors (Lipinski definition) is 5. The van der Waals surface area contributed by atoms with Crippen LogP contribution in [0.3, 0.4) is 0 Å². The molecule has 0 radical (unpaired) electrons. The molecule has 0 spiro atoms. The van der Waals surface area contributed by atoms with Crippen LogP contribution < -0.4 is 5.32 Å². The molecule has 112 valence electrons. The highest BCUT2D eigenvalue weighted by atomic mass is 16.6. The Balaban J connectivity index is 2.27. The van der Waals surface area contributed by atoms with E-state index in [0.29, 0.717) is 0 Å². The molecule has 0 bridgehead atoms. The van der Waals surface area contributed by atoms with Crippen molar-refractivity contribution in [2.24, 2.45) is 0 Å². The molecule has 1 amide bonds. The molecule has 0 atom stereocenters. The van der Waals surface area contributed by atoms with Crippen molar-refractivity contribution in [3.05, 3.63) is 69.8 Å². The van der Waals surface area contributed by atoms with E-state index in [-0.39, 0.29) is 17.0 Å². The molecule has 1 aromatic carbocycles. The largest absolute Gasteiger partial charge is 0.477 e. The summed E-state index contributed by atoms with van der Waals surface area (Å²) in [5, 5.41) is 22.0. The van der Waals surface area contributed by atoms with Gasteiger partial charge in [0.25, 0.3) is 11.6 Å². The van der Waals surface area contributed by atoms with E-state index in [4.69, 9.17) is 9.52 Å². The Kier molecular flexibility index (Phi) is 4.33. The van der Waals surface area contributed by atoms with Crippen molar-refractivity contribution in [2.75, 3.05) is 0 Å². The minimum atomic E-state index is -1.38. The number of nitro benzene ring substituents is 1. The molecule has 2 aromatic rings. The van der Waals surface area contributed by atoms with Crippen LogP contribution in [0, 0.1) is 10.1 Å². The Morgan fingerprint density at radius 2 is 2.05 bits per heavy atom. The van der Waals surface area contributed by atoms with Crippen LogP contribution >= 0.6 is 0 Å². The molecule has 8 heteroatoms. The highest BCUT2D eigenvalue weighted by molar-refractivity contribution is 6.01. The Morgan fingerprint density at radius 1 is 1.27 bits per heavy atom. The summed E-state index contributed by atoms with van der Waals surface area (Å²) in [5.41, 5.74) is -0.343. The second kappa shape index (κ2) is 6.35. The quantitative estimate of drug-likeness (QED) is 0.495. The van der Waals surface area contributed by atoms with Crippen LogP contribution in [-0.4, -0.2) is 21.9 Å². The lowest BCUT2D eigenvalue weighted by molar-refractivity contribution is -0.384. The normalized spacial score (nSPS) is 11.0. The smallest absolute Gasteiger partial charge is 0.352 e. The Hall–Kier alpha value is -3.42. The number of nitrogens with zero attached hydrogens (tertiary/aromatic N) is 1. The number of carbonyl (C=O) groups is 2. The molecule has 0 aliphatic rings. The topological polar surface area (TPSA) is 123 Å². The average Bonchev–Trinajstić information content (AvgIpc) is 3.01. The summed E-state index contributed by atoms with van der Waals surface area (Å²) >= 11 is 0. The average molecular weight is 302 g/mol. The molecule has 22 heavy (non-hydrogen) atoms. The summed E-state index contributed by atoms with van der Waals surface area (Å²) in [5.74, 6) is -2.17. The van der Waals surface area contributed by atoms with Crippen molar-refractivity contribution < 1.29 is 24.0 Å². The number of amides is 1. The number of hydrogen-bond donors (Lipinski definition) is 2. The molecular weight excluding hydrogens is 292 g/mol. The maximum atomic E-state index is 11.8. The summed E-state index contributed by atoms with van der Waals surface area (Å²) < 4.78 is 4.86. The van der Waals surface area contributed by atoms with E-state index in [0.717, 1.165) is 6.08 Å². The molecule has 0 unspecified atom stereocenters. The monoisotopic (exact) mass is 302 g/mol. The second-order valence-electron chi connectivity index (χ2n) is 4.15. The van der Waals surface area contributed by atoms with Crippen LogP contribution in [0.25, 0.3) is 6.08 Å². The Labute approximate surface area is 123 Å². The minimum absolute atomic E-state index is 0.0498. The van der Waals surface area contributed by atoms with Gasteiger partial charge in [0, 0.05) is 12.1 Å². The number of aliphatic carboxylic acids is 1. The van der Waals surface area contributed by atoms with E-state index in [1.54, 1.807) is 0 Å². The Morgan fingerprint density at radius 3 is 2.64 bits per heavy atom. The van der Waals surface area contributed by atoms with Gasteiger partial charge in [0.05, 0.1) is 11.2 Å². The number of rotatable bonds is 5. The number of carboxylic acid groups (broad SMARTS) is 1. The van der Waals surface area contributed by atoms with Gasteiger partial charge in [-0.15, -0.1) is 0 Å². The third-order valence-electron chi connectivity index (χ3n) is 2.62. The second-order valence-corrected chi connectivity index (χ2v) is 4.15. The first-order valence-electron chi connectivity index (χ1n) is 6.01. The first-order chi connectivity index (χ1) is 10.5. The molecule has 0 aliphatic carbocycles. The summed E-state index contributed by atoms with van der Waals surface area (Å²) in [6.45, 7) is 0. The van der Waals surface area contributed by atoms with Crippen LogP contribution in [0.1, 0.15) is 16.1 Å². The minimum Gasteiger partial charge on any atom is -0.477 e. The van der Waals surface area contributed by atoms with E-state index in [9.17, 15) is 19.7 Å². The molecule has 8 nitrogen and oxygen atoms in total. The predicted molar refractivity (Wildman–Crippen MR) is 74.9 cm³/mol. The number of carbonyl (C=O) groups excluding carboxylic acids is 1. The van der Waals surface area contributed by atoms with Gasteiger partial charge in [0.1, 0.15) is 5.70 Å². The first kappa shape index (κ1) is 15.0. The van der Waals surface area contributed by atoms with E-state index in [2.05, 4.69) is 5.32 Å². The maximum absolute atomic E-state index is 11.8. The third kappa shape index (κ3) is 3.57. The summed E-state index contributed by atoms with van der Waals surface area (Å²) in [7, 11) is 0. The maximum Gasteiger partial charge on any atom is 0.352 e. The molecule has 2 N–H and O–H groups in total. The lowest BCUT2D eigenvalue weighted by atomic mass is 10.1. The summed E-state index contributed by atoms with van der Waals surface area (Å²) in [4.78, 5) is 33.0. The number of non-ortho nitro benzene ring substituents is 1. The van der Waals surface area contributed by atoms with Crippen molar-refractivity contribution in [3.63, 3.8) is 0 Å². The van der Waals surface area contributed by atoms with Crippen LogP contribution in [0.4, 0.5) is 5.69 Å². The van der Waals surface area contributed by atoms with Crippen molar-refractivity contribution in [3.8, 4) is 0 Å². The zero-order valence-corrected chi connectivity index (χ0v) is 11.1. The number of furan rings is 1. The fourth-order valence-corrected chi connectivity index (χ4v) is 1.64. The van der Waals surface area contributed by atoms with E-state index >= 15 is 0 Å². The number of carboxylic acids is 1. The molecule has 0 saturated carbocycles. The highest BCUT2D eigenvalue weighted by Gasteiger charge is 2.15. The van der Waals surface area contributed by atoms with E-state index < -0.39 is 22.5 Å². The van der Waals surface area contributed by atoms with Gasteiger partial charge >= 0.3 is 5.97 Å². The number of nitrogens with one attached hydrogen (secondary N) is 1. The SMILES string of the molecule is O=C(O)C(=Cc1cccc([N+](=O)[O-])c1)NC(=O)c1ccco1. The molecule has 0 fully saturated rings. The number of nitro groups is 1. The van der Waals surface area contributed by atoms with Crippen LogP contribution in [0.5, 0.6) is 0 Å². The van der Waals surface area contributed by atoms with E-state index in [1.165, 1.54) is 42.7 Å². The predicted octanol–water partition coefficient (Wildman–Crippen LogP) is 2.04. The molecule has 0 aliphatic heterocycles. The van der Waals surface area contributed by atoms with Gasteiger partial charge in [-0.2, -0.15) is 0 Å². The van der Waals surface area contributed by atoms with Gasteiger partial charge in [-0.1, -0.05) is 12.1 Å². The lowest BCUT2D eigenvalue weighted by Gasteiger charge is -2.04. The number of benzene rings is 1. The van der Waals surface area contributed by atoms with Gasteiger partial charge < -0.3 is 14.8 Å². The van der Waals surface area contributed by atoms with Crippen molar-refractivity contribution >= 4 is 23.6 Å². The lowest BCUT2D eigenvalue weighted by Crippen LogP contribution is -2.26. The molecule has 0 saturated heterocycles. The molecule has 1 heterocycles. The van der Waals surface area contributed by atoms with E-state index in [1.807, 2.05) is 0 Å². The van der Waals surface area contributed by atoms with Gasteiger partial charge in [0.2, 0.25) is 0 Å². The zero-order valence-electron chi connectivity index (χ0n) is 11.1. The fraction of sp³-hybridized carbons (Fsp3) is 0. The summed E-state index contributed by atoms with van der Waals surface area (Å²) in [6.07, 6.45) is 2.40. The van der Waals surface area contributed by atoms with Crippen molar-refractivity contribution in [1.29, 1.82) is 0 Å². The first-order valence-corrected chi connectivity index (χ1v) is 6.01. The zero-order chi connectivity index (χ0) is 16.1. The summed E-state index contributed by atoms with van der Waals surface area (Å²) in [6, 6.07) is 8.23. The van der Waals surface area contributed by atoms with Crippen molar-refractivity contribution in [2.45, 2.75) is 0 Å². The van der Waals surface area contributed by atoms with Gasteiger partial charge in [-0.25, -0.2) is 4.79 Å².